The summed E-state index contributed by atoms with van der Waals surface area (Å²) in [5, 5.41) is 1.94. The van der Waals surface area contributed by atoms with Gasteiger partial charge in [0.05, 0.1) is 4.90 Å². The number of nitrogens with zero attached hydrogens (tertiary/aromatic N) is 1. The van der Waals surface area contributed by atoms with Crippen LogP contribution in [0.3, 0.4) is 0 Å². The second kappa shape index (κ2) is 8.85. The standard InChI is InChI=1S/C20H26N2O3S/c1-4-8-20(23)21-15-19(16-11-13-17(14-12-16)22(2)3)26(24,25)18-9-6-5-7-10-18/h5-7,9-14,19H,4,8,15H2,1-3H3,(H,21,23)/t19-/m0/s1. The third kappa shape index (κ3) is 4.85. The van der Waals surface area contributed by atoms with Crippen LogP contribution in [0.4, 0.5) is 5.69 Å². The Labute approximate surface area is 156 Å². The predicted molar refractivity (Wildman–Crippen MR) is 105 cm³/mol. The van der Waals surface area contributed by atoms with Crippen molar-refractivity contribution in [1.29, 1.82) is 0 Å². The molecule has 0 radical (unpaired) electrons. The molecule has 2 aromatic rings. The van der Waals surface area contributed by atoms with Crippen LogP contribution in [0.1, 0.15) is 30.6 Å². The van der Waals surface area contributed by atoms with Crippen LogP contribution < -0.4 is 10.2 Å². The fourth-order valence-electron chi connectivity index (χ4n) is 2.69. The van der Waals surface area contributed by atoms with Crippen molar-refractivity contribution in [2.45, 2.75) is 29.9 Å². The molecule has 1 atom stereocenters. The molecule has 0 spiro atoms. The molecule has 2 rings (SSSR count). The van der Waals surface area contributed by atoms with Gasteiger partial charge in [-0.3, -0.25) is 4.79 Å². The van der Waals surface area contributed by atoms with Gasteiger partial charge in [0.25, 0.3) is 0 Å². The van der Waals surface area contributed by atoms with Gasteiger partial charge in [-0.25, -0.2) is 8.42 Å². The molecule has 0 saturated carbocycles. The molecule has 0 aromatic heterocycles. The Hall–Kier alpha value is -2.34. The summed E-state index contributed by atoms with van der Waals surface area (Å²) in [5.74, 6) is -0.134. The summed E-state index contributed by atoms with van der Waals surface area (Å²) in [6, 6.07) is 15.8. The van der Waals surface area contributed by atoms with Gasteiger partial charge in [0.15, 0.2) is 9.84 Å². The molecule has 0 bridgehead atoms. The normalized spacial score (nSPS) is 12.4. The van der Waals surface area contributed by atoms with Crippen molar-refractivity contribution in [3.05, 3.63) is 60.2 Å². The third-order valence-corrected chi connectivity index (χ3v) is 6.31. The predicted octanol–water partition coefficient (Wildman–Crippen LogP) is 3.18. The lowest BCUT2D eigenvalue weighted by molar-refractivity contribution is -0.121. The van der Waals surface area contributed by atoms with E-state index in [4.69, 9.17) is 0 Å². The Morgan fingerprint density at radius 2 is 1.65 bits per heavy atom. The van der Waals surface area contributed by atoms with Crippen LogP contribution in [0.15, 0.2) is 59.5 Å². The molecule has 1 N–H and O–H groups in total. The lowest BCUT2D eigenvalue weighted by Gasteiger charge is -2.20. The van der Waals surface area contributed by atoms with E-state index >= 15 is 0 Å². The first kappa shape index (κ1) is 20.0. The van der Waals surface area contributed by atoms with Gasteiger partial charge < -0.3 is 10.2 Å². The number of hydrogen-bond donors (Lipinski definition) is 1. The molecule has 26 heavy (non-hydrogen) atoms. The van der Waals surface area contributed by atoms with Crippen molar-refractivity contribution in [3.63, 3.8) is 0 Å². The molecule has 0 unspecified atom stereocenters. The molecule has 0 aliphatic carbocycles. The molecule has 0 saturated heterocycles. The molecule has 140 valence electrons. The van der Waals surface area contributed by atoms with Crippen LogP contribution >= 0.6 is 0 Å². The van der Waals surface area contributed by atoms with Crippen molar-refractivity contribution < 1.29 is 13.2 Å². The summed E-state index contributed by atoms with van der Waals surface area (Å²) < 4.78 is 26.3. The van der Waals surface area contributed by atoms with E-state index in [1.165, 1.54) is 0 Å². The highest BCUT2D eigenvalue weighted by Gasteiger charge is 2.29. The number of carbonyl (C=O) groups is 1. The van der Waals surface area contributed by atoms with E-state index in [2.05, 4.69) is 5.32 Å². The summed E-state index contributed by atoms with van der Waals surface area (Å²) in [6.07, 6.45) is 1.11. The summed E-state index contributed by atoms with van der Waals surface area (Å²) in [4.78, 5) is 14.1. The molecule has 0 aliphatic heterocycles. The maximum absolute atomic E-state index is 13.2. The maximum Gasteiger partial charge on any atom is 0.220 e. The van der Waals surface area contributed by atoms with Gasteiger partial charge in [0.2, 0.25) is 5.91 Å². The zero-order valence-electron chi connectivity index (χ0n) is 15.5. The molecule has 6 heteroatoms. The molecule has 0 fully saturated rings. The first-order chi connectivity index (χ1) is 12.4. The number of carbonyl (C=O) groups excluding carboxylic acids is 1. The van der Waals surface area contributed by atoms with Gasteiger partial charge >= 0.3 is 0 Å². The number of anilines is 1. The van der Waals surface area contributed by atoms with Gasteiger partial charge in [-0.05, 0) is 36.2 Å². The van der Waals surface area contributed by atoms with Crippen LogP contribution in [0.5, 0.6) is 0 Å². The molecular formula is C20H26N2O3S. The van der Waals surface area contributed by atoms with E-state index in [9.17, 15) is 13.2 Å². The minimum absolute atomic E-state index is 0.0529. The van der Waals surface area contributed by atoms with E-state index in [1.54, 1.807) is 30.3 Å². The number of sulfone groups is 1. The Balaban J connectivity index is 2.37. The van der Waals surface area contributed by atoms with Crippen LogP contribution in [0.2, 0.25) is 0 Å². The quantitative estimate of drug-likeness (QED) is 0.771. The van der Waals surface area contributed by atoms with Crippen LogP contribution in [0.25, 0.3) is 0 Å². The van der Waals surface area contributed by atoms with Gasteiger partial charge in [-0.2, -0.15) is 0 Å². The summed E-state index contributed by atoms with van der Waals surface area (Å²) in [6.45, 7) is 1.97. The highest BCUT2D eigenvalue weighted by molar-refractivity contribution is 7.91. The lowest BCUT2D eigenvalue weighted by atomic mass is 10.1. The Bertz CT molecular complexity index is 816. The van der Waals surface area contributed by atoms with Gasteiger partial charge in [0, 0.05) is 32.7 Å². The first-order valence-electron chi connectivity index (χ1n) is 8.69. The van der Waals surface area contributed by atoms with Crippen molar-refractivity contribution in [3.8, 4) is 0 Å². The Kier molecular flexibility index (Phi) is 6.80. The number of hydrogen-bond acceptors (Lipinski definition) is 4. The average molecular weight is 375 g/mol. The van der Waals surface area contributed by atoms with E-state index in [-0.39, 0.29) is 17.3 Å². The summed E-state index contributed by atoms with van der Waals surface area (Å²) in [7, 11) is 0.231. The summed E-state index contributed by atoms with van der Waals surface area (Å²) in [5.41, 5.74) is 1.65. The Morgan fingerprint density at radius 1 is 1.04 bits per heavy atom. The second-order valence-corrected chi connectivity index (χ2v) is 8.52. The fraction of sp³-hybridized carbons (Fsp3) is 0.350. The largest absolute Gasteiger partial charge is 0.378 e. The average Bonchev–Trinajstić information content (AvgIpc) is 2.63. The molecule has 1 amide bonds. The van der Waals surface area contributed by atoms with E-state index in [0.717, 1.165) is 12.1 Å². The number of benzene rings is 2. The minimum atomic E-state index is -3.63. The van der Waals surface area contributed by atoms with Crippen LogP contribution in [-0.4, -0.2) is 35.0 Å². The van der Waals surface area contributed by atoms with E-state index < -0.39 is 15.1 Å². The van der Waals surface area contributed by atoms with Gasteiger partial charge in [-0.15, -0.1) is 0 Å². The van der Waals surface area contributed by atoms with Crippen molar-refractivity contribution in [2.24, 2.45) is 0 Å². The zero-order valence-corrected chi connectivity index (χ0v) is 16.3. The molecular weight excluding hydrogens is 348 g/mol. The maximum atomic E-state index is 13.2. The number of rotatable bonds is 8. The third-order valence-electron chi connectivity index (χ3n) is 4.19. The van der Waals surface area contributed by atoms with Crippen LogP contribution in [0, 0.1) is 0 Å². The monoisotopic (exact) mass is 374 g/mol. The van der Waals surface area contributed by atoms with E-state index in [0.29, 0.717) is 12.0 Å². The Morgan fingerprint density at radius 3 is 2.19 bits per heavy atom. The SMILES string of the molecule is CCCC(=O)NC[C@@H](c1ccc(N(C)C)cc1)S(=O)(=O)c1ccccc1. The molecule has 5 nitrogen and oxygen atoms in total. The smallest absolute Gasteiger partial charge is 0.220 e. The van der Waals surface area contributed by atoms with Crippen LogP contribution in [-0.2, 0) is 14.6 Å². The zero-order chi connectivity index (χ0) is 19.2. The highest BCUT2D eigenvalue weighted by Crippen LogP contribution is 2.29. The summed E-state index contributed by atoms with van der Waals surface area (Å²) >= 11 is 0. The fourth-order valence-corrected chi connectivity index (χ4v) is 4.37. The molecule has 0 heterocycles. The van der Waals surface area contributed by atoms with Gasteiger partial charge in [0.1, 0.15) is 5.25 Å². The second-order valence-electron chi connectivity index (χ2n) is 6.39. The lowest BCUT2D eigenvalue weighted by Crippen LogP contribution is -2.31. The first-order valence-corrected chi connectivity index (χ1v) is 10.2. The topological polar surface area (TPSA) is 66.5 Å². The molecule has 2 aromatic carbocycles. The van der Waals surface area contributed by atoms with Crippen molar-refractivity contribution in [1.82, 2.24) is 5.32 Å². The molecule has 0 aliphatic rings. The minimum Gasteiger partial charge on any atom is -0.378 e. The van der Waals surface area contributed by atoms with E-state index in [1.807, 2.05) is 50.2 Å². The van der Waals surface area contributed by atoms with Crippen molar-refractivity contribution in [2.75, 3.05) is 25.5 Å². The highest BCUT2D eigenvalue weighted by atomic mass is 32.2. The number of nitrogens with one attached hydrogen (secondary N) is 1. The van der Waals surface area contributed by atoms with Gasteiger partial charge in [-0.1, -0.05) is 37.3 Å². The number of amides is 1. The van der Waals surface area contributed by atoms with Crippen molar-refractivity contribution >= 4 is 21.4 Å².